The molecular formula is C20H20N2O2. The molecule has 24 heavy (non-hydrogen) atoms. The molecule has 0 aliphatic rings. The molecule has 0 radical (unpaired) electrons. The van der Waals surface area contributed by atoms with Crippen molar-refractivity contribution in [3.05, 3.63) is 65.9 Å². The summed E-state index contributed by atoms with van der Waals surface area (Å²) in [5.41, 5.74) is 4.84. The average Bonchev–Trinajstić information content (AvgIpc) is 3.11. The third-order valence-corrected chi connectivity index (χ3v) is 4.04. The number of esters is 1. The highest BCUT2D eigenvalue weighted by molar-refractivity contribution is 5.89. The number of imidazole rings is 1. The topological polar surface area (TPSA) is 55.0 Å². The number of ether oxygens (including phenoxy) is 1. The van der Waals surface area contributed by atoms with Crippen molar-refractivity contribution in [1.82, 2.24) is 9.97 Å². The number of carbonyl (C=O) groups is 1. The summed E-state index contributed by atoms with van der Waals surface area (Å²) in [5, 5.41) is 0. The monoisotopic (exact) mass is 320 g/mol. The molecular weight excluding hydrogens is 300 g/mol. The molecule has 0 aliphatic heterocycles. The van der Waals surface area contributed by atoms with Crippen LogP contribution in [-0.4, -0.2) is 23.0 Å². The number of nitrogens with one attached hydrogen (secondary N) is 1. The molecule has 0 bridgehead atoms. The Morgan fingerprint density at radius 3 is 2.21 bits per heavy atom. The lowest BCUT2D eigenvalue weighted by molar-refractivity contribution is 0.0601. The second kappa shape index (κ2) is 6.71. The van der Waals surface area contributed by atoms with E-state index in [0.29, 0.717) is 11.5 Å². The summed E-state index contributed by atoms with van der Waals surface area (Å²) in [5.74, 6) is 0.950. The van der Waals surface area contributed by atoms with Gasteiger partial charge in [0.25, 0.3) is 0 Å². The number of carbonyl (C=O) groups excluding carboxylic acids is 1. The molecule has 0 amide bonds. The summed E-state index contributed by atoms with van der Waals surface area (Å²) in [4.78, 5) is 19.3. The molecule has 0 unspecified atom stereocenters. The first-order chi connectivity index (χ1) is 11.6. The van der Waals surface area contributed by atoms with Gasteiger partial charge in [0.15, 0.2) is 0 Å². The number of H-pyrrole nitrogens is 1. The Balaban J connectivity index is 1.83. The number of aromatic nitrogens is 2. The maximum Gasteiger partial charge on any atom is 0.337 e. The van der Waals surface area contributed by atoms with Gasteiger partial charge in [0.05, 0.1) is 24.6 Å². The standard InChI is InChI=1S/C20H20N2O2/c1-13(2)14-4-6-15(7-5-14)18-12-21-19(22-18)16-8-10-17(11-9-16)20(23)24-3/h4-13H,1-3H3,(H,21,22). The van der Waals surface area contributed by atoms with Crippen molar-refractivity contribution in [3.63, 3.8) is 0 Å². The van der Waals surface area contributed by atoms with Crippen LogP contribution in [0.15, 0.2) is 54.7 Å². The van der Waals surface area contributed by atoms with Crippen LogP contribution in [0.1, 0.15) is 35.7 Å². The minimum atomic E-state index is -0.341. The lowest BCUT2D eigenvalue weighted by atomic mass is 10.0. The van der Waals surface area contributed by atoms with Crippen molar-refractivity contribution in [2.45, 2.75) is 19.8 Å². The van der Waals surface area contributed by atoms with E-state index in [-0.39, 0.29) is 5.97 Å². The molecule has 1 aromatic heterocycles. The number of rotatable bonds is 4. The van der Waals surface area contributed by atoms with Crippen LogP contribution in [0.25, 0.3) is 22.6 Å². The van der Waals surface area contributed by atoms with E-state index in [4.69, 9.17) is 4.74 Å². The van der Waals surface area contributed by atoms with Crippen LogP contribution in [0.2, 0.25) is 0 Å². The molecule has 4 nitrogen and oxygen atoms in total. The third kappa shape index (κ3) is 3.23. The molecule has 3 aromatic rings. The van der Waals surface area contributed by atoms with Gasteiger partial charge >= 0.3 is 5.97 Å². The number of hydrogen-bond donors (Lipinski definition) is 1. The van der Waals surface area contributed by atoms with Crippen LogP contribution < -0.4 is 0 Å². The molecule has 0 spiro atoms. The van der Waals surface area contributed by atoms with Gasteiger partial charge in [-0.15, -0.1) is 0 Å². The molecule has 122 valence electrons. The van der Waals surface area contributed by atoms with E-state index < -0.39 is 0 Å². The molecule has 0 fully saturated rings. The number of benzene rings is 2. The van der Waals surface area contributed by atoms with E-state index in [0.717, 1.165) is 22.6 Å². The minimum absolute atomic E-state index is 0.341. The summed E-state index contributed by atoms with van der Waals surface area (Å²) < 4.78 is 4.71. The summed E-state index contributed by atoms with van der Waals surface area (Å²) >= 11 is 0. The lowest BCUT2D eigenvalue weighted by Gasteiger charge is -2.05. The van der Waals surface area contributed by atoms with Crippen LogP contribution in [0.4, 0.5) is 0 Å². The Bertz CT molecular complexity index is 831. The summed E-state index contributed by atoms with van der Waals surface area (Å²) in [6.45, 7) is 4.36. The van der Waals surface area contributed by atoms with Crippen LogP contribution in [0.5, 0.6) is 0 Å². The fourth-order valence-electron chi connectivity index (χ4n) is 2.54. The van der Waals surface area contributed by atoms with Crippen molar-refractivity contribution >= 4 is 5.97 Å². The Labute approximate surface area is 141 Å². The van der Waals surface area contributed by atoms with Gasteiger partial charge in [-0.05, 0) is 29.2 Å². The largest absolute Gasteiger partial charge is 0.465 e. The fourth-order valence-corrected chi connectivity index (χ4v) is 2.54. The number of hydrogen-bond acceptors (Lipinski definition) is 3. The van der Waals surface area contributed by atoms with Gasteiger partial charge < -0.3 is 9.72 Å². The van der Waals surface area contributed by atoms with Crippen LogP contribution >= 0.6 is 0 Å². The van der Waals surface area contributed by atoms with E-state index in [1.54, 1.807) is 12.1 Å². The van der Waals surface area contributed by atoms with Gasteiger partial charge in [0.2, 0.25) is 0 Å². The summed E-state index contributed by atoms with van der Waals surface area (Å²) in [7, 11) is 1.37. The number of methoxy groups -OCH3 is 1. The Morgan fingerprint density at radius 2 is 1.62 bits per heavy atom. The first-order valence-corrected chi connectivity index (χ1v) is 7.92. The van der Waals surface area contributed by atoms with E-state index in [1.165, 1.54) is 12.7 Å². The van der Waals surface area contributed by atoms with Crippen LogP contribution in [0.3, 0.4) is 0 Å². The van der Waals surface area contributed by atoms with Crippen LogP contribution in [0, 0.1) is 0 Å². The zero-order valence-electron chi connectivity index (χ0n) is 14.0. The van der Waals surface area contributed by atoms with Gasteiger partial charge in [-0.2, -0.15) is 0 Å². The van der Waals surface area contributed by atoms with Crippen molar-refractivity contribution in [3.8, 4) is 22.6 Å². The Hall–Kier alpha value is -2.88. The smallest absolute Gasteiger partial charge is 0.337 e. The predicted molar refractivity (Wildman–Crippen MR) is 94.9 cm³/mol. The normalized spacial score (nSPS) is 10.8. The molecule has 3 rings (SSSR count). The molecule has 1 N–H and O–H groups in total. The first kappa shape index (κ1) is 16.0. The highest BCUT2D eigenvalue weighted by Crippen LogP contribution is 2.24. The van der Waals surface area contributed by atoms with Crippen molar-refractivity contribution in [2.24, 2.45) is 0 Å². The van der Waals surface area contributed by atoms with Crippen molar-refractivity contribution in [1.29, 1.82) is 0 Å². The molecule has 0 saturated heterocycles. The maximum absolute atomic E-state index is 11.5. The fraction of sp³-hybridized carbons (Fsp3) is 0.200. The second-order valence-electron chi connectivity index (χ2n) is 5.99. The highest BCUT2D eigenvalue weighted by atomic mass is 16.5. The van der Waals surface area contributed by atoms with Gasteiger partial charge in [0, 0.05) is 5.56 Å². The SMILES string of the molecule is COC(=O)c1ccc(-c2ncc(-c3ccc(C(C)C)cc3)[nH]2)cc1. The van der Waals surface area contributed by atoms with E-state index in [1.807, 2.05) is 18.3 Å². The van der Waals surface area contributed by atoms with Gasteiger partial charge in [0.1, 0.15) is 5.82 Å². The number of nitrogens with zero attached hydrogens (tertiary/aromatic N) is 1. The minimum Gasteiger partial charge on any atom is -0.465 e. The van der Waals surface area contributed by atoms with E-state index >= 15 is 0 Å². The highest BCUT2D eigenvalue weighted by Gasteiger charge is 2.09. The van der Waals surface area contributed by atoms with Crippen molar-refractivity contribution < 1.29 is 9.53 Å². The molecule has 0 aliphatic carbocycles. The Kier molecular flexibility index (Phi) is 4.47. The predicted octanol–water partition coefficient (Wildman–Crippen LogP) is 4.65. The van der Waals surface area contributed by atoms with E-state index in [2.05, 4.69) is 48.1 Å². The molecule has 4 heteroatoms. The van der Waals surface area contributed by atoms with Gasteiger partial charge in [-0.1, -0.05) is 50.2 Å². The number of aromatic amines is 1. The maximum atomic E-state index is 11.5. The van der Waals surface area contributed by atoms with Gasteiger partial charge in [-0.3, -0.25) is 0 Å². The molecule has 2 aromatic carbocycles. The zero-order valence-corrected chi connectivity index (χ0v) is 14.0. The van der Waals surface area contributed by atoms with Gasteiger partial charge in [-0.25, -0.2) is 9.78 Å². The van der Waals surface area contributed by atoms with E-state index in [9.17, 15) is 4.79 Å². The summed E-state index contributed by atoms with van der Waals surface area (Å²) in [6.07, 6.45) is 1.83. The Morgan fingerprint density at radius 1 is 1.00 bits per heavy atom. The second-order valence-corrected chi connectivity index (χ2v) is 5.99. The molecule has 0 saturated carbocycles. The lowest BCUT2D eigenvalue weighted by Crippen LogP contribution is -2.00. The zero-order chi connectivity index (χ0) is 17.1. The quantitative estimate of drug-likeness (QED) is 0.712. The average molecular weight is 320 g/mol. The third-order valence-electron chi connectivity index (χ3n) is 4.04. The van der Waals surface area contributed by atoms with Crippen molar-refractivity contribution in [2.75, 3.05) is 7.11 Å². The molecule has 1 heterocycles. The summed E-state index contributed by atoms with van der Waals surface area (Å²) in [6, 6.07) is 15.7. The van der Waals surface area contributed by atoms with Crippen LogP contribution in [-0.2, 0) is 4.74 Å². The molecule has 0 atom stereocenters. The first-order valence-electron chi connectivity index (χ1n) is 7.92.